The summed E-state index contributed by atoms with van der Waals surface area (Å²) in [6.07, 6.45) is -1.88. The van der Waals surface area contributed by atoms with Crippen molar-refractivity contribution in [2.45, 2.75) is 51.6 Å². The summed E-state index contributed by atoms with van der Waals surface area (Å²) in [4.78, 5) is 27.3. The Labute approximate surface area is 164 Å². The van der Waals surface area contributed by atoms with Crippen LogP contribution < -0.4 is 4.74 Å². The van der Waals surface area contributed by atoms with E-state index in [9.17, 15) is 19.8 Å². The van der Waals surface area contributed by atoms with Crippen LogP contribution in [0.2, 0.25) is 0 Å². The van der Waals surface area contributed by atoms with E-state index in [1.54, 1.807) is 32.9 Å². The minimum Gasteiger partial charge on any atom is -0.504 e. The summed E-state index contributed by atoms with van der Waals surface area (Å²) in [5.74, 6) is -2.12. The monoisotopic (exact) mass is 393 g/mol. The van der Waals surface area contributed by atoms with Gasteiger partial charge in [0.1, 0.15) is 0 Å². The quantitative estimate of drug-likeness (QED) is 0.745. The topological polar surface area (TPSA) is 106 Å². The number of methoxy groups -OCH3 is 1. The molecule has 2 heterocycles. The van der Waals surface area contributed by atoms with Gasteiger partial charge in [0.2, 0.25) is 5.91 Å². The zero-order chi connectivity index (χ0) is 20.9. The molecule has 0 bridgehead atoms. The van der Waals surface area contributed by atoms with Gasteiger partial charge in [-0.15, -0.1) is 0 Å². The maximum atomic E-state index is 13.2. The Morgan fingerprint density at radius 2 is 2.04 bits per heavy atom. The Kier molecular flexibility index (Phi) is 5.16. The normalized spacial score (nSPS) is 30.5. The van der Waals surface area contributed by atoms with Crippen molar-refractivity contribution in [3.63, 3.8) is 0 Å². The molecule has 0 aromatic heterocycles. The van der Waals surface area contributed by atoms with Crippen LogP contribution in [0.4, 0.5) is 0 Å². The van der Waals surface area contributed by atoms with E-state index >= 15 is 0 Å². The molecule has 8 nitrogen and oxygen atoms in total. The fourth-order valence-electron chi connectivity index (χ4n) is 3.91. The second-order valence-corrected chi connectivity index (χ2v) is 8.01. The Hall–Kier alpha value is -2.16. The van der Waals surface area contributed by atoms with Crippen LogP contribution in [0.5, 0.6) is 11.5 Å². The predicted molar refractivity (Wildman–Crippen MR) is 98.8 cm³/mol. The number of carbonyl (C=O) groups excluding carboxylic acids is 2. The van der Waals surface area contributed by atoms with Crippen LogP contribution in [0.25, 0.3) is 0 Å². The predicted octanol–water partition coefficient (Wildman–Crippen LogP) is 1.39. The Morgan fingerprint density at radius 1 is 1.36 bits per heavy atom. The lowest BCUT2D eigenvalue weighted by Gasteiger charge is -2.31. The van der Waals surface area contributed by atoms with E-state index < -0.39 is 41.1 Å². The average Bonchev–Trinajstić information content (AvgIpc) is 3.13. The maximum Gasteiger partial charge on any atom is 0.260 e. The molecule has 0 unspecified atom stereocenters. The van der Waals surface area contributed by atoms with Crippen LogP contribution >= 0.6 is 0 Å². The Morgan fingerprint density at radius 3 is 2.54 bits per heavy atom. The van der Waals surface area contributed by atoms with Gasteiger partial charge in [0.15, 0.2) is 23.4 Å². The van der Waals surface area contributed by atoms with Crippen LogP contribution in [0, 0.1) is 5.41 Å². The molecular weight excluding hydrogens is 366 g/mol. The number of amides is 2. The van der Waals surface area contributed by atoms with Gasteiger partial charge in [0.05, 0.1) is 25.2 Å². The molecule has 3 rings (SSSR count). The van der Waals surface area contributed by atoms with Crippen LogP contribution in [0.15, 0.2) is 18.2 Å². The number of phenolic OH excluding ortho intramolecular Hbond substituents is 1. The third-order valence-electron chi connectivity index (χ3n) is 5.82. The Balaban J connectivity index is 1.94. The summed E-state index contributed by atoms with van der Waals surface area (Å²) >= 11 is 0. The molecule has 4 atom stereocenters. The summed E-state index contributed by atoms with van der Waals surface area (Å²) in [7, 11) is 1.44. The summed E-state index contributed by atoms with van der Waals surface area (Å²) in [6, 6.07) is 4.83. The van der Waals surface area contributed by atoms with E-state index in [0.717, 1.165) is 4.90 Å². The highest BCUT2D eigenvalue weighted by atomic mass is 16.7. The number of benzene rings is 1. The first-order valence-corrected chi connectivity index (χ1v) is 9.24. The zero-order valence-corrected chi connectivity index (χ0v) is 16.8. The van der Waals surface area contributed by atoms with Crippen molar-refractivity contribution in [2.24, 2.45) is 5.41 Å². The lowest BCUT2D eigenvalue weighted by molar-refractivity contribution is -0.164. The van der Waals surface area contributed by atoms with Gasteiger partial charge < -0.3 is 24.4 Å². The van der Waals surface area contributed by atoms with Gasteiger partial charge in [-0.2, -0.15) is 0 Å². The van der Waals surface area contributed by atoms with Gasteiger partial charge in [-0.1, -0.05) is 6.07 Å². The van der Waals surface area contributed by atoms with Gasteiger partial charge >= 0.3 is 0 Å². The van der Waals surface area contributed by atoms with Crippen molar-refractivity contribution in [1.82, 2.24) is 4.90 Å². The molecule has 0 spiro atoms. The largest absolute Gasteiger partial charge is 0.504 e. The first kappa shape index (κ1) is 20.6. The summed E-state index contributed by atoms with van der Waals surface area (Å²) in [5.41, 5.74) is -0.597. The molecule has 2 aliphatic heterocycles. The van der Waals surface area contributed by atoms with Crippen molar-refractivity contribution < 1.29 is 34.0 Å². The maximum absolute atomic E-state index is 13.2. The van der Waals surface area contributed by atoms with Crippen LogP contribution in [0.3, 0.4) is 0 Å². The van der Waals surface area contributed by atoms with E-state index in [-0.39, 0.29) is 18.9 Å². The standard InChI is InChI=1S/C20H27NO7/c1-11(22)20(4)13(12-6-7-15(26-5)14(23)8-12)9-21(18(20)25)17(24)16-10-27-19(2,3)28-16/h6-8,11,13,16,22-23H,9-10H2,1-5H3/t11-,13+,16+,20-/m1/s1. The highest BCUT2D eigenvalue weighted by Crippen LogP contribution is 2.48. The molecule has 1 aromatic rings. The molecule has 2 amide bonds. The molecule has 154 valence electrons. The van der Waals surface area contributed by atoms with Gasteiger partial charge in [-0.05, 0) is 45.4 Å². The first-order chi connectivity index (χ1) is 13.0. The number of phenols is 1. The molecule has 2 fully saturated rings. The third kappa shape index (κ3) is 3.25. The van der Waals surface area contributed by atoms with Crippen molar-refractivity contribution in [3.05, 3.63) is 23.8 Å². The molecule has 2 N–H and O–H groups in total. The number of aromatic hydroxyl groups is 1. The summed E-state index contributed by atoms with van der Waals surface area (Å²) < 4.78 is 16.1. The first-order valence-electron chi connectivity index (χ1n) is 9.24. The number of rotatable bonds is 4. The number of ether oxygens (including phenoxy) is 3. The van der Waals surface area contributed by atoms with E-state index in [1.807, 2.05) is 0 Å². The molecule has 0 aliphatic carbocycles. The third-order valence-corrected chi connectivity index (χ3v) is 5.82. The lowest BCUT2D eigenvalue weighted by atomic mass is 9.72. The fourth-order valence-corrected chi connectivity index (χ4v) is 3.91. The smallest absolute Gasteiger partial charge is 0.260 e. The number of aliphatic hydroxyl groups is 1. The Bertz CT molecular complexity index is 791. The number of hydrogen-bond acceptors (Lipinski definition) is 7. The fraction of sp³-hybridized carbons (Fsp3) is 0.600. The molecular formula is C20H27NO7. The highest BCUT2D eigenvalue weighted by Gasteiger charge is 2.57. The SMILES string of the molecule is COc1ccc([C@@H]2CN(C(=O)[C@@H]3COC(C)(C)O3)C(=O)[C@]2(C)[C@@H](C)O)cc1O. The zero-order valence-electron chi connectivity index (χ0n) is 16.8. The van der Waals surface area contributed by atoms with Gasteiger partial charge in [-0.3, -0.25) is 14.5 Å². The molecule has 0 saturated carbocycles. The van der Waals surface area contributed by atoms with E-state index in [1.165, 1.54) is 20.1 Å². The molecule has 2 aliphatic rings. The second kappa shape index (κ2) is 7.02. The highest BCUT2D eigenvalue weighted by molar-refractivity contribution is 6.02. The summed E-state index contributed by atoms with van der Waals surface area (Å²) in [6.45, 7) is 6.71. The van der Waals surface area contributed by atoms with Gasteiger partial charge in [-0.25, -0.2) is 0 Å². The van der Waals surface area contributed by atoms with Crippen molar-refractivity contribution in [1.29, 1.82) is 0 Å². The molecule has 2 saturated heterocycles. The second-order valence-electron chi connectivity index (χ2n) is 8.01. The number of likely N-dealkylation sites (tertiary alicyclic amines) is 1. The van der Waals surface area contributed by atoms with E-state index in [2.05, 4.69) is 0 Å². The average molecular weight is 393 g/mol. The minimum absolute atomic E-state index is 0.0645. The van der Waals surface area contributed by atoms with Crippen LogP contribution in [-0.4, -0.2) is 65.2 Å². The number of carbonyl (C=O) groups is 2. The van der Waals surface area contributed by atoms with Crippen molar-refractivity contribution in [3.8, 4) is 11.5 Å². The van der Waals surface area contributed by atoms with Gasteiger partial charge in [0, 0.05) is 12.5 Å². The van der Waals surface area contributed by atoms with Crippen molar-refractivity contribution in [2.75, 3.05) is 20.3 Å². The van der Waals surface area contributed by atoms with E-state index in [4.69, 9.17) is 14.2 Å². The molecule has 0 radical (unpaired) electrons. The van der Waals surface area contributed by atoms with Crippen LogP contribution in [0.1, 0.15) is 39.2 Å². The number of nitrogens with zero attached hydrogens (tertiary/aromatic N) is 1. The van der Waals surface area contributed by atoms with Crippen LogP contribution in [-0.2, 0) is 19.1 Å². The lowest BCUT2D eigenvalue weighted by Crippen LogP contribution is -2.46. The number of imide groups is 1. The van der Waals surface area contributed by atoms with Crippen molar-refractivity contribution >= 4 is 11.8 Å². The van der Waals surface area contributed by atoms with E-state index in [0.29, 0.717) is 11.3 Å². The summed E-state index contributed by atoms with van der Waals surface area (Å²) in [5, 5.41) is 20.6. The molecule has 8 heteroatoms. The van der Waals surface area contributed by atoms with Gasteiger partial charge in [0.25, 0.3) is 5.91 Å². The molecule has 1 aromatic carbocycles. The number of aliphatic hydroxyl groups excluding tert-OH is 1. The number of hydrogen-bond donors (Lipinski definition) is 2. The minimum atomic E-state index is -1.23. The molecule has 28 heavy (non-hydrogen) atoms.